The second kappa shape index (κ2) is 9.90. The molecule has 1 heterocycles. The minimum Gasteiger partial charge on any atom is -0.490 e. The van der Waals surface area contributed by atoms with Crippen LogP contribution in [-0.2, 0) is 11.2 Å². The van der Waals surface area contributed by atoms with Gasteiger partial charge in [-0.05, 0) is 42.8 Å². The van der Waals surface area contributed by atoms with Gasteiger partial charge in [-0.25, -0.2) is 9.37 Å². The molecule has 0 radical (unpaired) electrons. The molecular weight excluding hydrogens is 383 g/mol. The van der Waals surface area contributed by atoms with Crippen LogP contribution in [0.2, 0.25) is 5.02 Å². The molecule has 0 saturated carbocycles. The number of oxazole rings is 1. The first-order chi connectivity index (χ1) is 13.6. The molecule has 3 aromatic rings. The molecule has 1 aromatic heterocycles. The van der Waals surface area contributed by atoms with Gasteiger partial charge in [0.15, 0.2) is 23.2 Å². The predicted octanol–water partition coefficient (Wildman–Crippen LogP) is 4.65. The van der Waals surface area contributed by atoms with Crippen LogP contribution in [0.1, 0.15) is 18.7 Å². The first-order valence-electron chi connectivity index (χ1n) is 8.96. The quantitative estimate of drug-likeness (QED) is 0.529. The lowest BCUT2D eigenvalue weighted by atomic mass is 10.2. The zero-order valence-electron chi connectivity index (χ0n) is 15.2. The van der Waals surface area contributed by atoms with E-state index in [1.165, 1.54) is 6.07 Å². The Labute approximate surface area is 167 Å². The SMILES string of the molecule is O=C(CCc1ncc(-c2ccc(Cl)cc2)o1)NCCCOc1ccccc1F. The van der Waals surface area contributed by atoms with Crippen molar-refractivity contribution in [3.8, 4) is 17.1 Å². The Kier molecular flexibility index (Phi) is 7.03. The third-order valence-electron chi connectivity index (χ3n) is 3.99. The monoisotopic (exact) mass is 402 g/mol. The summed E-state index contributed by atoms with van der Waals surface area (Å²) < 4.78 is 24.4. The minimum atomic E-state index is -0.393. The van der Waals surface area contributed by atoms with E-state index < -0.39 is 5.82 Å². The van der Waals surface area contributed by atoms with Gasteiger partial charge >= 0.3 is 0 Å². The van der Waals surface area contributed by atoms with E-state index in [4.69, 9.17) is 20.8 Å². The molecule has 0 saturated heterocycles. The molecule has 0 aliphatic rings. The molecule has 1 N–H and O–H groups in total. The number of carbonyl (C=O) groups is 1. The standard InChI is InChI=1S/C21H20ClFN2O3/c22-16-8-6-15(7-9-16)19-14-25-21(28-19)11-10-20(26)24-12-3-13-27-18-5-2-1-4-17(18)23/h1-2,4-9,14H,3,10-13H2,(H,24,26). The summed E-state index contributed by atoms with van der Waals surface area (Å²) in [5, 5.41) is 3.45. The van der Waals surface area contributed by atoms with E-state index in [2.05, 4.69) is 10.3 Å². The second-order valence-corrected chi connectivity index (χ2v) is 6.54. The Morgan fingerprint density at radius 3 is 2.75 bits per heavy atom. The Balaban J connectivity index is 1.34. The van der Waals surface area contributed by atoms with E-state index in [9.17, 15) is 9.18 Å². The fourth-order valence-corrected chi connectivity index (χ4v) is 2.65. The van der Waals surface area contributed by atoms with Crippen molar-refractivity contribution in [1.82, 2.24) is 10.3 Å². The van der Waals surface area contributed by atoms with Crippen molar-refractivity contribution < 1.29 is 18.3 Å². The van der Waals surface area contributed by atoms with Crippen LogP contribution in [0.4, 0.5) is 4.39 Å². The lowest BCUT2D eigenvalue weighted by Crippen LogP contribution is -2.25. The molecule has 0 atom stereocenters. The van der Waals surface area contributed by atoms with Crippen LogP contribution in [0.3, 0.4) is 0 Å². The van der Waals surface area contributed by atoms with E-state index in [0.29, 0.717) is 42.7 Å². The van der Waals surface area contributed by atoms with Gasteiger partial charge in [-0.2, -0.15) is 0 Å². The maximum Gasteiger partial charge on any atom is 0.220 e. The first-order valence-corrected chi connectivity index (χ1v) is 9.34. The number of ether oxygens (including phenoxy) is 1. The van der Waals surface area contributed by atoms with E-state index in [0.717, 1.165) is 5.56 Å². The third-order valence-corrected chi connectivity index (χ3v) is 4.24. The van der Waals surface area contributed by atoms with Gasteiger partial charge in [-0.15, -0.1) is 0 Å². The Hall–Kier alpha value is -2.86. The summed E-state index contributed by atoms with van der Waals surface area (Å²) in [6, 6.07) is 13.5. The Bertz CT molecular complexity index is 912. The van der Waals surface area contributed by atoms with Crippen LogP contribution in [0.5, 0.6) is 5.75 Å². The number of nitrogens with one attached hydrogen (secondary N) is 1. The van der Waals surface area contributed by atoms with Gasteiger partial charge in [0.05, 0.1) is 12.8 Å². The molecule has 0 spiro atoms. The van der Waals surface area contributed by atoms with Gasteiger partial charge in [-0.3, -0.25) is 4.79 Å². The van der Waals surface area contributed by atoms with Crippen LogP contribution in [0.25, 0.3) is 11.3 Å². The molecule has 1 amide bonds. The summed E-state index contributed by atoms with van der Waals surface area (Å²) in [4.78, 5) is 16.1. The minimum absolute atomic E-state index is 0.0999. The molecule has 28 heavy (non-hydrogen) atoms. The van der Waals surface area contributed by atoms with Gasteiger partial charge in [0.2, 0.25) is 5.91 Å². The highest BCUT2D eigenvalue weighted by molar-refractivity contribution is 6.30. The van der Waals surface area contributed by atoms with Crippen molar-refractivity contribution in [2.45, 2.75) is 19.3 Å². The summed E-state index contributed by atoms with van der Waals surface area (Å²) in [6.07, 6.45) is 2.90. The fraction of sp³-hybridized carbons (Fsp3) is 0.238. The first kappa shape index (κ1) is 19.9. The lowest BCUT2D eigenvalue weighted by Gasteiger charge is -2.07. The zero-order valence-corrected chi connectivity index (χ0v) is 15.9. The topological polar surface area (TPSA) is 64.4 Å². The third kappa shape index (κ3) is 5.82. The van der Waals surface area contributed by atoms with Gasteiger partial charge in [0, 0.05) is 30.0 Å². The number of aryl methyl sites for hydroxylation is 1. The largest absolute Gasteiger partial charge is 0.490 e. The molecule has 3 rings (SSSR count). The molecular formula is C21H20ClFN2O3. The highest BCUT2D eigenvalue weighted by Crippen LogP contribution is 2.22. The molecule has 0 aliphatic heterocycles. The number of nitrogens with zero attached hydrogens (tertiary/aromatic N) is 1. The summed E-state index contributed by atoms with van der Waals surface area (Å²) in [7, 11) is 0. The molecule has 0 unspecified atom stereocenters. The summed E-state index contributed by atoms with van der Waals surface area (Å²) >= 11 is 5.87. The number of rotatable bonds is 9. The van der Waals surface area contributed by atoms with E-state index >= 15 is 0 Å². The summed E-state index contributed by atoms with van der Waals surface area (Å²) in [5.74, 6) is 0.863. The van der Waals surface area contributed by atoms with Gasteiger partial charge in [-0.1, -0.05) is 23.7 Å². The molecule has 146 valence electrons. The maximum absolute atomic E-state index is 13.4. The van der Waals surface area contributed by atoms with Crippen molar-refractivity contribution in [2.75, 3.05) is 13.2 Å². The second-order valence-electron chi connectivity index (χ2n) is 6.11. The highest BCUT2D eigenvalue weighted by atomic mass is 35.5. The smallest absolute Gasteiger partial charge is 0.220 e. The summed E-state index contributed by atoms with van der Waals surface area (Å²) in [5.41, 5.74) is 0.877. The zero-order chi connectivity index (χ0) is 19.8. The number of halogens is 2. The molecule has 7 heteroatoms. The molecule has 0 fully saturated rings. The van der Waals surface area contributed by atoms with Crippen molar-refractivity contribution in [1.29, 1.82) is 0 Å². The lowest BCUT2D eigenvalue weighted by molar-refractivity contribution is -0.121. The molecule has 0 aliphatic carbocycles. The molecule has 5 nitrogen and oxygen atoms in total. The number of benzene rings is 2. The van der Waals surface area contributed by atoms with Crippen molar-refractivity contribution in [3.05, 3.63) is 71.5 Å². The number of aromatic nitrogens is 1. The van der Waals surface area contributed by atoms with Crippen molar-refractivity contribution >= 4 is 17.5 Å². The predicted molar refractivity (Wildman–Crippen MR) is 105 cm³/mol. The Morgan fingerprint density at radius 1 is 1.18 bits per heavy atom. The molecule has 0 bridgehead atoms. The van der Waals surface area contributed by atoms with Gasteiger partial charge in [0.25, 0.3) is 0 Å². The Morgan fingerprint density at radius 2 is 1.96 bits per heavy atom. The number of para-hydroxylation sites is 1. The fourth-order valence-electron chi connectivity index (χ4n) is 2.53. The number of hydrogen-bond acceptors (Lipinski definition) is 4. The number of carbonyl (C=O) groups excluding carboxylic acids is 1. The number of hydrogen-bond donors (Lipinski definition) is 1. The van der Waals surface area contributed by atoms with E-state index in [1.807, 2.05) is 12.1 Å². The van der Waals surface area contributed by atoms with E-state index in [1.54, 1.807) is 36.5 Å². The normalized spacial score (nSPS) is 10.6. The van der Waals surface area contributed by atoms with Crippen molar-refractivity contribution in [2.24, 2.45) is 0 Å². The average Bonchev–Trinajstić information content (AvgIpc) is 3.17. The molecule has 2 aromatic carbocycles. The number of amides is 1. The van der Waals surface area contributed by atoms with Gasteiger partial charge in [0.1, 0.15) is 0 Å². The summed E-state index contributed by atoms with van der Waals surface area (Å²) in [6.45, 7) is 0.778. The maximum atomic E-state index is 13.4. The van der Waals surface area contributed by atoms with Crippen LogP contribution < -0.4 is 10.1 Å². The van der Waals surface area contributed by atoms with Gasteiger partial charge < -0.3 is 14.5 Å². The highest BCUT2D eigenvalue weighted by Gasteiger charge is 2.09. The van der Waals surface area contributed by atoms with Crippen LogP contribution in [-0.4, -0.2) is 24.0 Å². The average molecular weight is 403 g/mol. The van der Waals surface area contributed by atoms with E-state index in [-0.39, 0.29) is 18.1 Å². The van der Waals surface area contributed by atoms with Crippen molar-refractivity contribution in [3.63, 3.8) is 0 Å². The van der Waals surface area contributed by atoms with Crippen LogP contribution >= 0.6 is 11.6 Å². The van der Waals surface area contributed by atoms with Crippen LogP contribution in [0, 0.1) is 5.82 Å². The van der Waals surface area contributed by atoms with Crippen LogP contribution in [0.15, 0.2) is 59.1 Å².